The second-order valence-corrected chi connectivity index (χ2v) is 8.22. The van der Waals surface area contributed by atoms with Crippen LogP contribution in [0.1, 0.15) is 17.3 Å². The van der Waals surface area contributed by atoms with Gasteiger partial charge in [-0.3, -0.25) is 4.57 Å². The normalized spacial score (nSPS) is 16.8. The van der Waals surface area contributed by atoms with Crippen LogP contribution in [0.25, 0.3) is 5.69 Å². The van der Waals surface area contributed by atoms with Gasteiger partial charge in [-0.2, -0.15) is 4.68 Å². The van der Waals surface area contributed by atoms with Crippen LogP contribution in [-0.2, 0) is 27.7 Å². The molecule has 4 rings (SSSR count). The van der Waals surface area contributed by atoms with Gasteiger partial charge in [0, 0.05) is 19.5 Å². The van der Waals surface area contributed by atoms with Crippen LogP contribution in [0.15, 0.2) is 32.4 Å². The third-order valence-corrected chi connectivity index (χ3v) is 6.62. The van der Waals surface area contributed by atoms with Gasteiger partial charge < -0.3 is 9.08 Å². The van der Waals surface area contributed by atoms with Gasteiger partial charge in [0.2, 0.25) is 4.90 Å². The zero-order chi connectivity index (χ0) is 20.2. The first-order chi connectivity index (χ1) is 13.2. The van der Waals surface area contributed by atoms with Crippen molar-refractivity contribution in [1.29, 1.82) is 0 Å². The summed E-state index contributed by atoms with van der Waals surface area (Å²) >= 11 is 0. The molecule has 1 aliphatic rings. The molecule has 1 unspecified atom stereocenters. The number of aromatic nitrogens is 4. The number of rotatable bonds is 3. The molecule has 0 N–H and O–H groups in total. The molecule has 0 saturated carbocycles. The molecule has 0 amide bonds. The van der Waals surface area contributed by atoms with Gasteiger partial charge in [0.15, 0.2) is 27.8 Å². The van der Waals surface area contributed by atoms with Crippen molar-refractivity contribution in [3.8, 4) is 5.69 Å². The first kappa shape index (κ1) is 18.7. The Balaban J connectivity index is 1.72. The van der Waals surface area contributed by atoms with Crippen LogP contribution in [0, 0.1) is 25.5 Å². The maximum absolute atomic E-state index is 14.0. The third-order valence-electron chi connectivity index (χ3n) is 4.53. The molecule has 1 aromatic carbocycles. The average Bonchev–Trinajstić information content (AvgIpc) is 3.14. The summed E-state index contributed by atoms with van der Waals surface area (Å²) in [6.45, 7) is 2.90. The Kier molecular flexibility index (Phi) is 4.28. The minimum Gasteiger partial charge on any atom is -0.593 e. The number of aryl methyl sites for hydroxylation is 2. The largest absolute Gasteiger partial charge is 0.593 e. The molecule has 1 aliphatic heterocycles. The molecule has 0 fully saturated rings. The first-order valence-electron chi connectivity index (χ1n) is 8.27. The van der Waals surface area contributed by atoms with Crippen molar-refractivity contribution in [3.63, 3.8) is 0 Å². The summed E-state index contributed by atoms with van der Waals surface area (Å²) < 4.78 is 61.3. The van der Waals surface area contributed by atoms with Crippen LogP contribution in [0.4, 0.5) is 8.78 Å². The van der Waals surface area contributed by atoms with E-state index in [1.165, 1.54) is 18.4 Å². The van der Waals surface area contributed by atoms with E-state index in [0.29, 0.717) is 6.07 Å². The van der Waals surface area contributed by atoms with E-state index in [1.807, 2.05) is 0 Å². The van der Waals surface area contributed by atoms with Gasteiger partial charge in [0.1, 0.15) is 23.7 Å². The fourth-order valence-corrected chi connectivity index (χ4v) is 4.89. The maximum atomic E-state index is 14.0. The molecule has 12 heteroatoms. The number of halogens is 2. The number of benzene rings is 1. The molecule has 0 aliphatic carbocycles. The van der Waals surface area contributed by atoms with E-state index in [4.69, 9.17) is 4.52 Å². The van der Waals surface area contributed by atoms with Crippen molar-refractivity contribution >= 4 is 10.4 Å². The highest BCUT2D eigenvalue weighted by Gasteiger charge is 2.40. The van der Waals surface area contributed by atoms with Crippen LogP contribution in [0.5, 0.6) is 0 Å². The van der Waals surface area contributed by atoms with E-state index < -0.39 is 27.7 Å². The molecule has 2 aromatic heterocycles. The lowest BCUT2D eigenvalue weighted by molar-refractivity contribution is 0.298. The van der Waals surface area contributed by atoms with Crippen LogP contribution < -0.4 is 5.69 Å². The minimum absolute atomic E-state index is 0.0210. The van der Waals surface area contributed by atoms with Crippen LogP contribution >= 0.6 is 0 Å². The van der Waals surface area contributed by atoms with Crippen molar-refractivity contribution in [1.82, 2.24) is 23.8 Å². The summed E-state index contributed by atoms with van der Waals surface area (Å²) in [6.07, 6.45) is 0. The minimum atomic E-state index is -3.92. The van der Waals surface area contributed by atoms with Crippen molar-refractivity contribution in [2.75, 3.05) is 6.54 Å². The van der Waals surface area contributed by atoms with Crippen molar-refractivity contribution in [2.45, 2.75) is 31.8 Å². The summed E-state index contributed by atoms with van der Waals surface area (Å²) in [7, 11) is -3.92. The fraction of sp³-hybridized carbons (Fsp3) is 0.312. The van der Waals surface area contributed by atoms with Crippen molar-refractivity contribution < 1.29 is 22.1 Å². The summed E-state index contributed by atoms with van der Waals surface area (Å²) in [5, 5.41) is 7.73. The van der Waals surface area contributed by atoms with E-state index >= 15 is 0 Å². The van der Waals surface area contributed by atoms with Crippen molar-refractivity contribution in [2.24, 2.45) is 0 Å². The summed E-state index contributed by atoms with van der Waals surface area (Å²) in [6, 6.07) is 2.76. The predicted molar refractivity (Wildman–Crippen MR) is 91.2 cm³/mol. The molecule has 0 radical (unpaired) electrons. The molecule has 0 bridgehead atoms. The van der Waals surface area contributed by atoms with Crippen LogP contribution in [0.3, 0.4) is 0 Å². The molecule has 0 saturated heterocycles. The predicted octanol–water partition coefficient (Wildman–Crippen LogP) is 1.34. The Morgan fingerprint density at radius 1 is 1.25 bits per heavy atom. The lowest BCUT2D eigenvalue weighted by Crippen LogP contribution is -2.44. The second-order valence-electron chi connectivity index (χ2n) is 6.35. The standard InChI is InChI=1S/C16H15F2N5O4S/c1-9-15(10(2)27-20-9)28(25,26)21-5-6-22-14(8-21)19-23(16(22)24)13-4-3-11(17)7-12(13)18/h3-4,7H,5-6,8H2,1-2H3. The van der Waals surface area contributed by atoms with E-state index in [9.17, 15) is 22.3 Å². The smallest absolute Gasteiger partial charge is 0.350 e. The summed E-state index contributed by atoms with van der Waals surface area (Å²) in [5.41, 5.74) is -0.609. The second kappa shape index (κ2) is 6.43. The van der Waals surface area contributed by atoms with Crippen LogP contribution in [0.2, 0.25) is 0 Å². The van der Waals surface area contributed by atoms with Gasteiger partial charge in [-0.25, -0.2) is 13.6 Å². The Morgan fingerprint density at radius 2 is 2.00 bits per heavy atom. The van der Waals surface area contributed by atoms with Gasteiger partial charge in [0.25, 0.3) is 0 Å². The highest BCUT2D eigenvalue weighted by molar-refractivity contribution is 7.95. The molecule has 28 heavy (non-hydrogen) atoms. The number of fused-ring (bicyclic) bond motifs is 1. The van der Waals surface area contributed by atoms with E-state index in [1.54, 1.807) is 0 Å². The van der Waals surface area contributed by atoms with E-state index in [0.717, 1.165) is 21.1 Å². The Labute approximate surface area is 158 Å². The highest BCUT2D eigenvalue weighted by atomic mass is 32.3. The maximum Gasteiger partial charge on any atom is 0.350 e. The topological polar surface area (TPSA) is 109 Å². The van der Waals surface area contributed by atoms with Gasteiger partial charge >= 0.3 is 5.69 Å². The molecule has 9 nitrogen and oxygen atoms in total. The van der Waals surface area contributed by atoms with Crippen LogP contribution in [-0.4, -0.2) is 34.9 Å². The summed E-state index contributed by atoms with van der Waals surface area (Å²) in [4.78, 5) is 12.5. The average molecular weight is 411 g/mol. The number of hydrogen-bond acceptors (Lipinski definition) is 6. The number of sulfonamides is 1. The molecular formula is C16H15F2N5O4S. The third kappa shape index (κ3) is 2.80. The number of hydrogen-bond donors (Lipinski definition) is 0. The van der Waals surface area contributed by atoms with Gasteiger partial charge in [-0.15, -0.1) is 9.40 Å². The molecular weight excluding hydrogens is 396 g/mol. The van der Waals surface area contributed by atoms with E-state index in [2.05, 4.69) is 10.3 Å². The lowest BCUT2D eigenvalue weighted by atomic mass is 10.3. The number of nitrogens with zero attached hydrogens (tertiary/aromatic N) is 5. The zero-order valence-electron chi connectivity index (χ0n) is 14.9. The Bertz CT molecular complexity index is 1160. The quantitative estimate of drug-likeness (QED) is 0.602. The van der Waals surface area contributed by atoms with E-state index in [-0.39, 0.29) is 47.5 Å². The molecule has 0 spiro atoms. The molecule has 1 atom stereocenters. The molecule has 3 heterocycles. The molecule has 3 aromatic rings. The first-order valence-corrected chi connectivity index (χ1v) is 9.71. The lowest BCUT2D eigenvalue weighted by Gasteiger charge is -2.29. The zero-order valence-corrected chi connectivity index (χ0v) is 15.7. The monoisotopic (exact) mass is 411 g/mol. The molecule has 148 valence electrons. The van der Waals surface area contributed by atoms with Crippen molar-refractivity contribution in [3.05, 3.63) is 57.6 Å². The Hall–Kier alpha value is -2.70. The van der Waals surface area contributed by atoms with Gasteiger partial charge in [-0.05, 0) is 19.1 Å². The fourth-order valence-electron chi connectivity index (χ4n) is 3.21. The van der Waals surface area contributed by atoms with Gasteiger partial charge in [0.05, 0.1) is 6.54 Å². The SMILES string of the molecule is Cc1noc(C)c1[S+](=O)([O-])N1CCn2c(nn(-c3ccc(F)cc3F)c2=O)C1. The Morgan fingerprint density at radius 3 is 2.64 bits per heavy atom. The summed E-state index contributed by atoms with van der Waals surface area (Å²) in [5.74, 6) is -1.41. The highest BCUT2D eigenvalue weighted by Crippen LogP contribution is 2.30. The van der Waals surface area contributed by atoms with Gasteiger partial charge in [-0.1, -0.05) is 9.37 Å².